The van der Waals surface area contributed by atoms with Gasteiger partial charge in [-0.3, -0.25) is 0 Å². The Kier molecular flexibility index (Phi) is 5.66. The molecule has 1 aliphatic carbocycles. The molecule has 1 nitrogen and oxygen atoms in total. The van der Waals surface area contributed by atoms with Gasteiger partial charge in [-0.1, -0.05) is 46.5 Å². The van der Waals surface area contributed by atoms with E-state index in [-0.39, 0.29) is 0 Å². The predicted molar refractivity (Wildman–Crippen MR) is 68.1 cm³/mol. The van der Waals surface area contributed by atoms with Gasteiger partial charge >= 0.3 is 0 Å². The maximum Gasteiger partial charge on any atom is 0.00978 e. The lowest BCUT2D eigenvalue weighted by Crippen LogP contribution is -2.45. The van der Waals surface area contributed by atoms with E-state index in [0.717, 1.165) is 17.9 Å². The second kappa shape index (κ2) is 6.52. The van der Waals surface area contributed by atoms with Crippen molar-refractivity contribution in [3.8, 4) is 0 Å². The van der Waals surface area contributed by atoms with Crippen LogP contribution in [-0.4, -0.2) is 12.1 Å². The van der Waals surface area contributed by atoms with Crippen LogP contribution in [0.1, 0.15) is 66.2 Å². The maximum atomic E-state index is 3.87. The third-order valence-electron chi connectivity index (χ3n) is 4.41. The highest BCUT2D eigenvalue weighted by Crippen LogP contribution is 2.27. The average Bonchev–Trinajstić information content (AvgIpc) is 2.28. The molecule has 4 atom stereocenters. The molecule has 1 N–H and O–H groups in total. The lowest BCUT2D eigenvalue weighted by atomic mass is 9.82. The molecule has 1 saturated carbocycles. The molecule has 0 aromatic rings. The molecule has 0 spiro atoms. The molecule has 15 heavy (non-hydrogen) atoms. The first-order valence-corrected chi connectivity index (χ1v) is 6.95. The van der Waals surface area contributed by atoms with E-state index in [2.05, 4.69) is 33.0 Å². The van der Waals surface area contributed by atoms with E-state index < -0.39 is 0 Å². The summed E-state index contributed by atoms with van der Waals surface area (Å²) in [6.07, 6.45) is 8.37. The van der Waals surface area contributed by atoms with E-state index in [4.69, 9.17) is 0 Å². The van der Waals surface area contributed by atoms with Crippen LogP contribution in [0.15, 0.2) is 0 Å². The Hall–Kier alpha value is -0.0400. The minimum atomic E-state index is 0.687. The molecule has 0 heterocycles. The predicted octanol–water partition coefficient (Wildman–Crippen LogP) is 3.98. The van der Waals surface area contributed by atoms with Crippen molar-refractivity contribution in [2.75, 3.05) is 0 Å². The van der Waals surface area contributed by atoms with Crippen LogP contribution < -0.4 is 5.32 Å². The summed E-state index contributed by atoms with van der Waals surface area (Å²) in [5.41, 5.74) is 0. The first kappa shape index (κ1) is 13.0. The standard InChI is InChI=1S/C14H29N/c1-5-11(3)12(4)15-14-10-8-7-9-13(14)6-2/h11-15H,5-10H2,1-4H3. The molecule has 1 aliphatic rings. The summed E-state index contributed by atoms with van der Waals surface area (Å²) in [5, 5.41) is 3.87. The van der Waals surface area contributed by atoms with E-state index in [9.17, 15) is 0 Å². The lowest BCUT2D eigenvalue weighted by molar-refractivity contribution is 0.220. The van der Waals surface area contributed by atoms with Crippen molar-refractivity contribution in [1.29, 1.82) is 0 Å². The fourth-order valence-corrected chi connectivity index (χ4v) is 2.77. The van der Waals surface area contributed by atoms with Crippen LogP contribution in [0.3, 0.4) is 0 Å². The van der Waals surface area contributed by atoms with Crippen molar-refractivity contribution in [2.45, 2.75) is 78.3 Å². The van der Waals surface area contributed by atoms with Crippen LogP contribution in [0.2, 0.25) is 0 Å². The third kappa shape index (κ3) is 3.79. The Balaban J connectivity index is 2.40. The number of rotatable bonds is 5. The fraction of sp³-hybridized carbons (Fsp3) is 1.00. The van der Waals surface area contributed by atoms with Crippen LogP contribution in [0.25, 0.3) is 0 Å². The second-order valence-corrected chi connectivity index (χ2v) is 5.40. The SMILES string of the molecule is CCC(C)C(C)NC1CCCCC1CC. The van der Waals surface area contributed by atoms with Gasteiger partial charge < -0.3 is 5.32 Å². The topological polar surface area (TPSA) is 12.0 Å². The number of hydrogen-bond acceptors (Lipinski definition) is 1. The Morgan fingerprint density at radius 1 is 1.13 bits per heavy atom. The van der Waals surface area contributed by atoms with Gasteiger partial charge in [-0.15, -0.1) is 0 Å². The fourth-order valence-electron chi connectivity index (χ4n) is 2.77. The van der Waals surface area contributed by atoms with Gasteiger partial charge in [0.05, 0.1) is 0 Å². The number of hydrogen-bond donors (Lipinski definition) is 1. The summed E-state index contributed by atoms with van der Waals surface area (Å²) in [6.45, 7) is 9.36. The minimum Gasteiger partial charge on any atom is -0.311 e. The Morgan fingerprint density at radius 3 is 2.40 bits per heavy atom. The van der Waals surface area contributed by atoms with E-state index in [1.54, 1.807) is 0 Å². The van der Waals surface area contributed by atoms with Crippen molar-refractivity contribution >= 4 is 0 Å². The smallest absolute Gasteiger partial charge is 0.00978 e. The largest absolute Gasteiger partial charge is 0.311 e. The van der Waals surface area contributed by atoms with E-state index >= 15 is 0 Å². The molecule has 0 aromatic carbocycles. The molecule has 1 heteroatoms. The van der Waals surface area contributed by atoms with Crippen LogP contribution in [-0.2, 0) is 0 Å². The maximum absolute atomic E-state index is 3.87. The highest BCUT2D eigenvalue weighted by Gasteiger charge is 2.25. The van der Waals surface area contributed by atoms with Crippen LogP contribution in [0.5, 0.6) is 0 Å². The molecule has 90 valence electrons. The zero-order chi connectivity index (χ0) is 11.3. The van der Waals surface area contributed by atoms with Gasteiger partial charge in [-0.2, -0.15) is 0 Å². The van der Waals surface area contributed by atoms with Crippen molar-refractivity contribution in [3.05, 3.63) is 0 Å². The minimum absolute atomic E-state index is 0.687. The summed E-state index contributed by atoms with van der Waals surface area (Å²) in [4.78, 5) is 0. The van der Waals surface area contributed by atoms with E-state index in [1.165, 1.54) is 38.5 Å². The van der Waals surface area contributed by atoms with Gasteiger partial charge in [-0.05, 0) is 31.6 Å². The second-order valence-electron chi connectivity index (χ2n) is 5.40. The Labute approximate surface area is 96.0 Å². The normalized spacial score (nSPS) is 31.2. The molecule has 0 radical (unpaired) electrons. The first-order valence-electron chi connectivity index (χ1n) is 6.95. The molecule has 4 unspecified atom stereocenters. The van der Waals surface area contributed by atoms with Crippen molar-refractivity contribution in [3.63, 3.8) is 0 Å². The van der Waals surface area contributed by atoms with E-state index in [0.29, 0.717) is 6.04 Å². The quantitative estimate of drug-likeness (QED) is 0.725. The summed E-state index contributed by atoms with van der Waals surface area (Å²) in [6, 6.07) is 1.49. The highest BCUT2D eigenvalue weighted by molar-refractivity contribution is 4.83. The van der Waals surface area contributed by atoms with Crippen molar-refractivity contribution in [2.24, 2.45) is 11.8 Å². The molecule has 0 bridgehead atoms. The Bertz CT molecular complexity index is 167. The average molecular weight is 211 g/mol. The van der Waals surface area contributed by atoms with E-state index in [1.807, 2.05) is 0 Å². The highest BCUT2D eigenvalue weighted by atomic mass is 15.0. The third-order valence-corrected chi connectivity index (χ3v) is 4.41. The molecule has 0 aliphatic heterocycles. The summed E-state index contributed by atoms with van der Waals surface area (Å²) < 4.78 is 0. The van der Waals surface area contributed by atoms with Gasteiger partial charge in [0, 0.05) is 12.1 Å². The van der Waals surface area contributed by atoms with Crippen molar-refractivity contribution < 1.29 is 0 Å². The van der Waals surface area contributed by atoms with Crippen LogP contribution in [0.4, 0.5) is 0 Å². The molecule has 0 aromatic heterocycles. The molecular weight excluding hydrogens is 182 g/mol. The lowest BCUT2D eigenvalue weighted by Gasteiger charge is -2.35. The number of nitrogens with one attached hydrogen (secondary N) is 1. The molecule has 1 fully saturated rings. The van der Waals surface area contributed by atoms with Gasteiger partial charge in [0.25, 0.3) is 0 Å². The molecule has 1 rings (SSSR count). The van der Waals surface area contributed by atoms with Crippen LogP contribution in [0, 0.1) is 11.8 Å². The monoisotopic (exact) mass is 211 g/mol. The summed E-state index contributed by atoms with van der Waals surface area (Å²) in [5.74, 6) is 1.75. The Morgan fingerprint density at radius 2 is 1.80 bits per heavy atom. The van der Waals surface area contributed by atoms with Gasteiger partial charge in [0.15, 0.2) is 0 Å². The zero-order valence-electron chi connectivity index (χ0n) is 11.1. The summed E-state index contributed by atoms with van der Waals surface area (Å²) >= 11 is 0. The van der Waals surface area contributed by atoms with Crippen LogP contribution >= 0.6 is 0 Å². The van der Waals surface area contributed by atoms with Gasteiger partial charge in [0.1, 0.15) is 0 Å². The molecule has 0 saturated heterocycles. The van der Waals surface area contributed by atoms with Gasteiger partial charge in [-0.25, -0.2) is 0 Å². The van der Waals surface area contributed by atoms with Gasteiger partial charge in [0.2, 0.25) is 0 Å². The zero-order valence-corrected chi connectivity index (χ0v) is 11.1. The first-order chi connectivity index (χ1) is 7.19. The summed E-state index contributed by atoms with van der Waals surface area (Å²) in [7, 11) is 0. The van der Waals surface area contributed by atoms with Crippen molar-refractivity contribution in [1.82, 2.24) is 5.32 Å². The molecule has 0 amide bonds. The molecular formula is C14H29N.